The first-order valence-electron chi connectivity index (χ1n) is 20.8. The van der Waals surface area contributed by atoms with Gasteiger partial charge in [0.1, 0.15) is 17.6 Å². The van der Waals surface area contributed by atoms with Gasteiger partial charge in [-0.1, -0.05) is 35.9 Å². The Morgan fingerprint density at radius 3 is 2.39 bits per heavy atom. The third-order valence-electron chi connectivity index (χ3n) is 14.2. The number of piperidine rings is 3. The summed E-state index contributed by atoms with van der Waals surface area (Å²) in [5, 5.41) is 3.32. The first-order valence-corrected chi connectivity index (χ1v) is 21.2. The molecular formula is C45H49ClN6O5. The van der Waals surface area contributed by atoms with E-state index in [0.717, 1.165) is 93.3 Å². The fourth-order valence-electron chi connectivity index (χ4n) is 10.8. The van der Waals surface area contributed by atoms with Gasteiger partial charge in [-0.2, -0.15) is 4.98 Å². The van der Waals surface area contributed by atoms with Crippen LogP contribution in [0.3, 0.4) is 0 Å². The standard InChI is InChI=1S/C45H49ClN6O5/c1-44(2)31-10-8-28(24-36(31)52-34-7-5-6-33(46)38(34)41(55)48-43(44)52)27-14-20-49(21-15-27)18-3-4-19-50-22-16-45(17-23-50)26-57-39-30-25-51(35-12-13-37(53)47-40(35)54)42(56)29(30)9-11-32(39)45/h5-11,24,27,35H,3-4,12-23,25-26H2,1-2H3,(H,47,53,54)/t35-/m0/s1. The Morgan fingerprint density at radius 1 is 0.895 bits per heavy atom. The molecule has 4 aromatic rings. The number of nitrogens with zero attached hydrogens (tertiary/aromatic N) is 5. The Kier molecular flexibility index (Phi) is 8.88. The minimum Gasteiger partial charge on any atom is -0.492 e. The third kappa shape index (κ3) is 5.94. The van der Waals surface area contributed by atoms with Crippen LogP contribution in [-0.2, 0) is 27.0 Å². The molecule has 1 aromatic heterocycles. The van der Waals surface area contributed by atoms with Gasteiger partial charge < -0.3 is 19.4 Å². The van der Waals surface area contributed by atoms with Crippen molar-refractivity contribution in [3.63, 3.8) is 0 Å². The van der Waals surface area contributed by atoms with Crippen LogP contribution in [0.2, 0.25) is 5.02 Å². The molecule has 1 N–H and O–H groups in total. The number of ether oxygens (including phenoxy) is 1. The Hall–Kier alpha value is -4.58. The maximum Gasteiger partial charge on any atom is 0.282 e. The summed E-state index contributed by atoms with van der Waals surface area (Å²) >= 11 is 6.51. The van der Waals surface area contributed by atoms with Crippen LogP contribution in [-0.4, -0.2) is 93.9 Å². The second kappa shape index (κ2) is 13.8. The Balaban J connectivity index is 0.715. The first kappa shape index (κ1) is 36.7. The minimum absolute atomic E-state index is 0.0355. The second-order valence-electron chi connectivity index (χ2n) is 17.7. The van der Waals surface area contributed by atoms with E-state index in [1.54, 1.807) is 11.0 Å². The lowest BCUT2D eigenvalue weighted by Gasteiger charge is -2.38. The molecule has 0 unspecified atom stereocenters. The topological polar surface area (TPSA) is 117 Å². The van der Waals surface area contributed by atoms with Gasteiger partial charge in [0.2, 0.25) is 11.8 Å². The summed E-state index contributed by atoms with van der Waals surface area (Å²) in [5.74, 6) is 1.29. The molecule has 3 saturated heterocycles. The number of hydrogen-bond donors (Lipinski definition) is 1. The molecule has 11 nitrogen and oxygen atoms in total. The van der Waals surface area contributed by atoms with Crippen LogP contribution in [0.5, 0.6) is 5.75 Å². The zero-order chi connectivity index (χ0) is 39.2. The van der Waals surface area contributed by atoms with Gasteiger partial charge in [0.15, 0.2) is 0 Å². The SMILES string of the molecule is CC1(C)c2ccc(C3CCN(CCCCN4CCC5(CC4)COc4c5ccc5c4CN([C@H]4CCC(=O)NC4=O)C5=O)CC3)cc2-n2c1nc(=O)c1c(Cl)cccc12. The van der Waals surface area contributed by atoms with Crippen molar-refractivity contribution in [3.8, 4) is 11.4 Å². The van der Waals surface area contributed by atoms with Crippen LogP contribution in [0.4, 0.5) is 0 Å². The third-order valence-corrected chi connectivity index (χ3v) is 14.5. The zero-order valence-corrected chi connectivity index (χ0v) is 33.5. The maximum absolute atomic E-state index is 13.4. The van der Waals surface area contributed by atoms with Crippen molar-refractivity contribution in [3.05, 3.63) is 97.5 Å². The molecule has 296 valence electrons. The normalized spacial score (nSPS) is 22.8. The Bertz CT molecular complexity index is 2410. The van der Waals surface area contributed by atoms with E-state index in [0.29, 0.717) is 41.5 Å². The lowest BCUT2D eigenvalue weighted by molar-refractivity contribution is -0.136. The number of aromatic nitrogens is 2. The van der Waals surface area contributed by atoms with Crippen LogP contribution in [0.1, 0.15) is 110 Å². The highest BCUT2D eigenvalue weighted by atomic mass is 35.5. The fourth-order valence-corrected chi connectivity index (χ4v) is 11.0. The van der Waals surface area contributed by atoms with Crippen molar-refractivity contribution in [1.82, 2.24) is 29.6 Å². The minimum atomic E-state index is -0.623. The molecule has 6 aliphatic heterocycles. The number of hydrogen-bond acceptors (Lipinski definition) is 8. The average Bonchev–Trinajstić information content (AvgIpc) is 3.81. The van der Waals surface area contributed by atoms with Crippen molar-refractivity contribution in [2.45, 2.75) is 94.5 Å². The number of amides is 3. The van der Waals surface area contributed by atoms with Crippen LogP contribution in [0.25, 0.3) is 16.6 Å². The maximum atomic E-state index is 13.4. The Morgan fingerprint density at radius 2 is 1.63 bits per heavy atom. The quantitative estimate of drug-likeness (QED) is 0.184. The molecule has 0 saturated carbocycles. The summed E-state index contributed by atoms with van der Waals surface area (Å²) in [6, 6.07) is 15.9. The van der Waals surface area contributed by atoms with Crippen LogP contribution < -0.4 is 15.6 Å². The van der Waals surface area contributed by atoms with E-state index in [1.807, 2.05) is 18.2 Å². The summed E-state index contributed by atoms with van der Waals surface area (Å²) in [5.41, 5.74) is 6.52. The molecular weight excluding hydrogens is 740 g/mol. The van der Waals surface area contributed by atoms with Gasteiger partial charge in [0.05, 0.1) is 40.2 Å². The number of carbonyl (C=O) groups excluding carboxylic acids is 3. The van der Waals surface area contributed by atoms with E-state index < -0.39 is 6.04 Å². The molecule has 3 fully saturated rings. The lowest BCUT2D eigenvalue weighted by Crippen LogP contribution is -2.52. The second-order valence-corrected chi connectivity index (χ2v) is 18.1. The summed E-state index contributed by atoms with van der Waals surface area (Å²) in [6.45, 7) is 11.8. The largest absolute Gasteiger partial charge is 0.492 e. The number of unbranched alkanes of at least 4 members (excludes halogenated alkanes) is 1. The van der Waals surface area contributed by atoms with Crippen molar-refractivity contribution < 1.29 is 19.1 Å². The summed E-state index contributed by atoms with van der Waals surface area (Å²) in [7, 11) is 0. The molecule has 10 rings (SSSR count). The van der Waals surface area contributed by atoms with Gasteiger partial charge in [-0.15, -0.1) is 0 Å². The van der Waals surface area contributed by atoms with Crippen molar-refractivity contribution in [2.24, 2.45) is 0 Å². The van der Waals surface area contributed by atoms with Gasteiger partial charge in [0, 0.05) is 28.5 Å². The van der Waals surface area contributed by atoms with E-state index in [-0.39, 0.29) is 40.5 Å². The monoisotopic (exact) mass is 788 g/mol. The molecule has 12 heteroatoms. The van der Waals surface area contributed by atoms with Gasteiger partial charge in [-0.05, 0) is 139 Å². The molecule has 7 heterocycles. The van der Waals surface area contributed by atoms with Gasteiger partial charge in [0.25, 0.3) is 11.5 Å². The van der Waals surface area contributed by atoms with Crippen LogP contribution in [0, 0.1) is 0 Å². The predicted molar refractivity (Wildman–Crippen MR) is 217 cm³/mol. The highest BCUT2D eigenvalue weighted by molar-refractivity contribution is 6.35. The Labute approximate surface area is 337 Å². The van der Waals surface area contributed by atoms with E-state index in [2.05, 4.69) is 62.8 Å². The summed E-state index contributed by atoms with van der Waals surface area (Å²) < 4.78 is 8.55. The number of likely N-dealkylation sites (tertiary alicyclic amines) is 2. The molecule has 6 aliphatic rings. The molecule has 3 aromatic carbocycles. The van der Waals surface area contributed by atoms with Crippen molar-refractivity contribution in [1.29, 1.82) is 0 Å². The lowest BCUT2D eigenvalue weighted by atomic mass is 9.74. The number of nitrogens with one attached hydrogen (secondary N) is 1. The van der Waals surface area contributed by atoms with Gasteiger partial charge >= 0.3 is 0 Å². The highest BCUT2D eigenvalue weighted by Gasteiger charge is 2.48. The van der Waals surface area contributed by atoms with E-state index in [9.17, 15) is 19.2 Å². The van der Waals surface area contributed by atoms with Gasteiger partial charge in [-0.3, -0.25) is 29.1 Å². The summed E-state index contributed by atoms with van der Waals surface area (Å²) in [4.78, 5) is 62.1. The number of imide groups is 1. The molecule has 0 radical (unpaired) electrons. The first-order chi connectivity index (χ1) is 27.5. The predicted octanol–water partition coefficient (Wildman–Crippen LogP) is 5.83. The number of halogens is 1. The number of carbonyl (C=O) groups is 3. The van der Waals surface area contributed by atoms with Crippen molar-refractivity contribution >= 4 is 40.2 Å². The molecule has 0 bridgehead atoms. The van der Waals surface area contributed by atoms with Crippen LogP contribution in [0.15, 0.2) is 53.3 Å². The molecule has 57 heavy (non-hydrogen) atoms. The number of rotatable bonds is 7. The fraction of sp³-hybridized carbons (Fsp3) is 0.489. The average molecular weight is 789 g/mol. The van der Waals surface area contributed by atoms with Crippen molar-refractivity contribution in [2.75, 3.05) is 45.9 Å². The number of fused-ring (bicyclic) bond motifs is 9. The van der Waals surface area contributed by atoms with E-state index in [1.165, 1.54) is 29.5 Å². The molecule has 1 spiro atoms. The van der Waals surface area contributed by atoms with Crippen LogP contribution >= 0.6 is 11.6 Å². The molecule has 0 aliphatic carbocycles. The van der Waals surface area contributed by atoms with E-state index >= 15 is 0 Å². The number of benzene rings is 3. The van der Waals surface area contributed by atoms with E-state index in [4.69, 9.17) is 16.3 Å². The molecule has 3 amide bonds. The highest BCUT2D eigenvalue weighted by Crippen LogP contribution is 2.50. The van der Waals surface area contributed by atoms with Gasteiger partial charge in [-0.25, -0.2) is 0 Å². The summed E-state index contributed by atoms with van der Waals surface area (Å²) in [6.07, 6.45) is 7.30. The molecule has 1 atom stereocenters. The zero-order valence-electron chi connectivity index (χ0n) is 32.7. The smallest absolute Gasteiger partial charge is 0.282 e.